The lowest BCUT2D eigenvalue weighted by atomic mass is 10.3. The monoisotopic (exact) mass is 277 g/mol. The molecular weight excluding hydrogens is 263 g/mol. The van der Waals surface area contributed by atoms with E-state index in [1.807, 2.05) is 0 Å². The van der Waals surface area contributed by atoms with Crippen LogP contribution in [0, 0.1) is 6.92 Å². The van der Waals surface area contributed by atoms with Crippen molar-refractivity contribution in [2.24, 2.45) is 0 Å². The van der Waals surface area contributed by atoms with Crippen LogP contribution in [0.25, 0.3) is 0 Å². The molecule has 106 valence electrons. The number of morpholine rings is 1. The van der Waals surface area contributed by atoms with Gasteiger partial charge in [-0.25, -0.2) is 4.98 Å². The summed E-state index contributed by atoms with van der Waals surface area (Å²) in [5.41, 5.74) is -1.00. The van der Waals surface area contributed by atoms with Crippen LogP contribution in [0.15, 0.2) is 6.07 Å². The van der Waals surface area contributed by atoms with Gasteiger partial charge in [-0.1, -0.05) is 0 Å². The Kier molecular flexibility index (Phi) is 4.20. The maximum absolute atomic E-state index is 12.6. The quantitative estimate of drug-likeness (QED) is 0.899. The van der Waals surface area contributed by atoms with Crippen molar-refractivity contribution < 1.29 is 22.6 Å². The Morgan fingerprint density at radius 1 is 1.47 bits per heavy atom. The molecule has 19 heavy (non-hydrogen) atoms. The van der Waals surface area contributed by atoms with E-state index in [1.54, 1.807) is 0 Å². The van der Waals surface area contributed by atoms with Crippen LogP contribution >= 0.6 is 0 Å². The number of nitrogens with one attached hydrogen (secondary N) is 1. The smallest absolute Gasteiger partial charge is 0.433 e. The Bertz CT molecular complexity index is 434. The Balaban J connectivity index is 2.01. The molecule has 1 aromatic rings. The Hall–Kier alpha value is -1.41. The van der Waals surface area contributed by atoms with Crippen LogP contribution in [0.2, 0.25) is 0 Å². The normalized spacial score (nSPS) is 20.3. The van der Waals surface area contributed by atoms with Crippen LogP contribution in [0.1, 0.15) is 11.5 Å². The maximum atomic E-state index is 12.6. The number of nitrogens with zero attached hydrogens (tertiary/aromatic N) is 2. The maximum Gasteiger partial charge on any atom is 0.433 e. The average Bonchev–Trinajstić information content (AvgIpc) is 2.36. The lowest BCUT2D eigenvalue weighted by Gasteiger charge is -2.23. The molecule has 0 amide bonds. The van der Waals surface area contributed by atoms with Crippen molar-refractivity contribution in [1.82, 2.24) is 15.3 Å². The highest BCUT2D eigenvalue weighted by atomic mass is 19.4. The molecule has 2 rings (SSSR count). The largest absolute Gasteiger partial charge is 0.475 e. The summed E-state index contributed by atoms with van der Waals surface area (Å²) in [7, 11) is 0. The minimum Gasteiger partial charge on any atom is -0.475 e. The third-order valence-electron chi connectivity index (χ3n) is 2.53. The van der Waals surface area contributed by atoms with Crippen LogP contribution in [-0.4, -0.2) is 42.4 Å². The van der Waals surface area contributed by atoms with E-state index in [0.717, 1.165) is 12.6 Å². The SMILES string of the molecule is Cc1nc(OCC2CNCCO2)cc(C(F)(F)F)n1. The van der Waals surface area contributed by atoms with Crippen LogP contribution in [-0.2, 0) is 10.9 Å². The van der Waals surface area contributed by atoms with Crippen molar-refractivity contribution in [3.05, 3.63) is 17.6 Å². The lowest BCUT2D eigenvalue weighted by molar-refractivity contribution is -0.141. The molecule has 1 aliphatic rings. The third-order valence-corrected chi connectivity index (χ3v) is 2.53. The molecule has 1 unspecified atom stereocenters. The molecule has 0 radical (unpaired) electrons. The van der Waals surface area contributed by atoms with E-state index < -0.39 is 11.9 Å². The molecule has 8 heteroatoms. The van der Waals surface area contributed by atoms with E-state index in [9.17, 15) is 13.2 Å². The first-order chi connectivity index (χ1) is 8.95. The van der Waals surface area contributed by atoms with Gasteiger partial charge in [0.05, 0.1) is 6.61 Å². The first-order valence-corrected chi connectivity index (χ1v) is 5.83. The van der Waals surface area contributed by atoms with Crippen LogP contribution in [0.3, 0.4) is 0 Å². The van der Waals surface area contributed by atoms with Crippen LogP contribution < -0.4 is 10.1 Å². The van der Waals surface area contributed by atoms with Crippen molar-refractivity contribution in [3.63, 3.8) is 0 Å². The second kappa shape index (κ2) is 5.70. The number of aryl methyl sites for hydroxylation is 1. The Morgan fingerprint density at radius 2 is 2.26 bits per heavy atom. The molecule has 1 aromatic heterocycles. The van der Waals surface area contributed by atoms with E-state index in [-0.39, 0.29) is 24.4 Å². The summed E-state index contributed by atoms with van der Waals surface area (Å²) in [5.74, 6) is -0.0680. The highest BCUT2D eigenvalue weighted by Crippen LogP contribution is 2.29. The minimum atomic E-state index is -4.51. The number of ether oxygens (including phenoxy) is 2. The van der Waals surface area contributed by atoms with Crippen molar-refractivity contribution in [2.75, 3.05) is 26.3 Å². The molecule has 1 aliphatic heterocycles. The summed E-state index contributed by atoms with van der Waals surface area (Å²) in [6.45, 7) is 3.48. The molecule has 0 saturated carbocycles. The van der Waals surface area contributed by atoms with Gasteiger partial charge < -0.3 is 14.8 Å². The molecule has 0 bridgehead atoms. The molecule has 0 spiro atoms. The van der Waals surface area contributed by atoms with Gasteiger partial charge in [-0.15, -0.1) is 0 Å². The van der Waals surface area contributed by atoms with Gasteiger partial charge in [-0.2, -0.15) is 18.2 Å². The Labute approximate surface area is 108 Å². The van der Waals surface area contributed by atoms with Gasteiger partial charge in [0.25, 0.3) is 0 Å². The van der Waals surface area contributed by atoms with Crippen molar-refractivity contribution in [3.8, 4) is 5.88 Å². The average molecular weight is 277 g/mol. The van der Waals surface area contributed by atoms with E-state index >= 15 is 0 Å². The predicted molar refractivity (Wildman–Crippen MR) is 59.9 cm³/mol. The fourth-order valence-electron chi connectivity index (χ4n) is 1.66. The van der Waals surface area contributed by atoms with Crippen molar-refractivity contribution in [2.45, 2.75) is 19.2 Å². The first kappa shape index (κ1) is 14.0. The van der Waals surface area contributed by atoms with Crippen molar-refractivity contribution >= 4 is 0 Å². The number of alkyl halides is 3. The highest BCUT2D eigenvalue weighted by Gasteiger charge is 2.33. The number of rotatable bonds is 3. The van der Waals surface area contributed by atoms with E-state index in [1.165, 1.54) is 6.92 Å². The zero-order valence-corrected chi connectivity index (χ0v) is 10.3. The third kappa shape index (κ3) is 4.03. The molecule has 2 heterocycles. The van der Waals surface area contributed by atoms with Crippen LogP contribution in [0.5, 0.6) is 5.88 Å². The standard InChI is InChI=1S/C11H14F3N3O2/c1-7-16-9(11(12,13)14)4-10(17-7)19-6-8-5-15-2-3-18-8/h4,8,15H,2-3,5-6H2,1H3. The van der Waals surface area contributed by atoms with Gasteiger partial charge in [-0.3, -0.25) is 0 Å². The summed E-state index contributed by atoms with van der Waals surface area (Å²) < 4.78 is 48.3. The van der Waals surface area contributed by atoms with Crippen molar-refractivity contribution in [1.29, 1.82) is 0 Å². The van der Waals surface area contributed by atoms with Gasteiger partial charge in [-0.05, 0) is 6.92 Å². The number of hydrogen-bond acceptors (Lipinski definition) is 5. The fourth-order valence-corrected chi connectivity index (χ4v) is 1.66. The molecule has 1 fully saturated rings. The number of halogens is 3. The summed E-state index contributed by atoms with van der Waals surface area (Å²) >= 11 is 0. The summed E-state index contributed by atoms with van der Waals surface area (Å²) in [4.78, 5) is 7.16. The topological polar surface area (TPSA) is 56.3 Å². The number of aromatic nitrogens is 2. The van der Waals surface area contributed by atoms with Gasteiger partial charge in [0, 0.05) is 19.2 Å². The van der Waals surface area contributed by atoms with E-state index in [2.05, 4.69) is 15.3 Å². The summed E-state index contributed by atoms with van der Waals surface area (Å²) in [6.07, 6.45) is -4.69. The molecule has 0 aliphatic carbocycles. The minimum absolute atomic E-state index is 0.0208. The van der Waals surface area contributed by atoms with Gasteiger partial charge in [0.1, 0.15) is 18.5 Å². The summed E-state index contributed by atoms with van der Waals surface area (Å²) in [6, 6.07) is 0.795. The Morgan fingerprint density at radius 3 is 2.89 bits per heavy atom. The van der Waals surface area contributed by atoms with Gasteiger partial charge in [0.15, 0.2) is 5.69 Å². The molecule has 1 atom stereocenters. The highest BCUT2D eigenvalue weighted by molar-refractivity contribution is 5.18. The zero-order chi connectivity index (χ0) is 13.9. The first-order valence-electron chi connectivity index (χ1n) is 5.83. The van der Waals surface area contributed by atoms with E-state index in [0.29, 0.717) is 13.2 Å². The molecular formula is C11H14F3N3O2. The van der Waals surface area contributed by atoms with Crippen LogP contribution in [0.4, 0.5) is 13.2 Å². The van der Waals surface area contributed by atoms with E-state index in [4.69, 9.17) is 9.47 Å². The second-order valence-corrected chi connectivity index (χ2v) is 4.14. The molecule has 1 saturated heterocycles. The second-order valence-electron chi connectivity index (χ2n) is 4.14. The molecule has 0 aromatic carbocycles. The molecule has 5 nitrogen and oxygen atoms in total. The van der Waals surface area contributed by atoms with Gasteiger partial charge in [0.2, 0.25) is 5.88 Å². The number of hydrogen-bond donors (Lipinski definition) is 1. The van der Waals surface area contributed by atoms with Gasteiger partial charge >= 0.3 is 6.18 Å². The fraction of sp³-hybridized carbons (Fsp3) is 0.636. The predicted octanol–water partition coefficient (Wildman–Crippen LogP) is 1.17. The lowest BCUT2D eigenvalue weighted by Crippen LogP contribution is -2.41. The zero-order valence-electron chi connectivity index (χ0n) is 10.3. The summed E-state index contributed by atoms with van der Waals surface area (Å²) in [5, 5.41) is 3.10. The molecule has 1 N–H and O–H groups in total.